The number of hydrogen-bond donors (Lipinski definition) is 1. The van der Waals surface area contributed by atoms with Gasteiger partial charge in [0, 0.05) is 7.05 Å². The highest BCUT2D eigenvalue weighted by Gasteiger charge is 2.21. The molecule has 34 heavy (non-hydrogen) atoms. The lowest BCUT2D eigenvalue weighted by molar-refractivity contribution is -0.123. The van der Waals surface area contributed by atoms with Crippen molar-refractivity contribution in [3.63, 3.8) is 0 Å². The molecule has 0 radical (unpaired) electrons. The van der Waals surface area contributed by atoms with E-state index in [4.69, 9.17) is 14.2 Å². The molecule has 0 saturated heterocycles. The second kappa shape index (κ2) is 10.0. The average molecular weight is 483 g/mol. The minimum atomic E-state index is -3.66. The maximum absolute atomic E-state index is 12.8. The van der Waals surface area contributed by atoms with Gasteiger partial charge in [-0.1, -0.05) is 24.3 Å². The van der Waals surface area contributed by atoms with E-state index < -0.39 is 10.0 Å². The second-order valence-electron chi connectivity index (χ2n) is 7.76. The highest BCUT2D eigenvalue weighted by molar-refractivity contribution is 7.92. The van der Waals surface area contributed by atoms with E-state index in [2.05, 4.69) is 5.32 Å². The molecule has 0 spiro atoms. The number of carbonyl (C=O) groups excluding carboxylic acids is 1. The van der Waals surface area contributed by atoms with Crippen LogP contribution in [0.4, 0.5) is 5.69 Å². The molecule has 178 valence electrons. The van der Waals surface area contributed by atoms with Crippen molar-refractivity contribution in [3.8, 4) is 17.2 Å². The topological polar surface area (TPSA) is 94.2 Å². The Kier molecular flexibility index (Phi) is 6.93. The molecule has 0 fully saturated rings. The number of nitrogens with one attached hydrogen (secondary N) is 1. The Morgan fingerprint density at radius 2 is 1.68 bits per heavy atom. The first kappa shape index (κ1) is 23.4. The third-order valence-electron chi connectivity index (χ3n) is 5.42. The van der Waals surface area contributed by atoms with E-state index in [1.807, 2.05) is 25.1 Å². The van der Waals surface area contributed by atoms with Crippen LogP contribution in [0.5, 0.6) is 17.2 Å². The molecule has 0 bridgehead atoms. The van der Waals surface area contributed by atoms with Crippen molar-refractivity contribution in [1.82, 2.24) is 5.32 Å². The van der Waals surface area contributed by atoms with E-state index >= 15 is 0 Å². The highest BCUT2D eigenvalue weighted by Crippen LogP contribution is 2.32. The first-order valence-corrected chi connectivity index (χ1v) is 12.2. The molecule has 1 amide bonds. The molecule has 1 atom stereocenters. The van der Waals surface area contributed by atoms with Crippen LogP contribution in [0.3, 0.4) is 0 Å². The van der Waals surface area contributed by atoms with E-state index in [0.29, 0.717) is 36.1 Å². The fourth-order valence-corrected chi connectivity index (χ4v) is 4.70. The quantitative estimate of drug-likeness (QED) is 0.528. The van der Waals surface area contributed by atoms with Crippen molar-refractivity contribution in [1.29, 1.82) is 0 Å². The molecule has 3 aromatic carbocycles. The number of rotatable bonds is 8. The van der Waals surface area contributed by atoms with Crippen molar-refractivity contribution >= 4 is 21.6 Å². The maximum atomic E-state index is 12.8. The maximum Gasteiger partial charge on any atom is 0.264 e. The van der Waals surface area contributed by atoms with Crippen molar-refractivity contribution in [3.05, 3.63) is 78.4 Å². The number of amides is 1. The van der Waals surface area contributed by atoms with Gasteiger partial charge in [-0.3, -0.25) is 9.10 Å². The van der Waals surface area contributed by atoms with Gasteiger partial charge in [-0.05, 0) is 61.0 Å². The number of benzene rings is 3. The zero-order valence-corrected chi connectivity index (χ0v) is 19.7. The van der Waals surface area contributed by atoms with Gasteiger partial charge in [0.2, 0.25) is 0 Å². The molecule has 1 unspecified atom stereocenters. The fourth-order valence-electron chi connectivity index (χ4n) is 3.49. The van der Waals surface area contributed by atoms with Crippen molar-refractivity contribution < 1.29 is 27.4 Å². The van der Waals surface area contributed by atoms with Gasteiger partial charge >= 0.3 is 0 Å². The minimum absolute atomic E-state index is 0.174. The zero-order valence-electron chi connectivity index (χ0n) is 18.9. The lowest BCUT2D eigenvalue weighted by Gasteiger charge is -2.21. The summed E-state index contributed by atoms with van der Waals surface area (Å²) in [6.45, 7) is 2.72. The van der Waals surface area contributed by atoms with Crippen LogP contribution in [0.1, 0.15) is 18.5 Å². The molecule has 1 aliphatic heterocycles. The third-order valence-corrected chi connectivity index (χ3v) is 7.22. The van der Waals surface area contributed by atoms with E-state index in [-0.39, 0.29) is 23.5 Å². The van der Waals surface area contributed by atoms with Crippen molar-refractivity contribution in [2.45, 2.75) is 17.9 Å². The Bertz CT molecular complexity index is 1250. The van der Waals surface area contributed by atoms with Gasteiger partial charge in [0.1, 0.15) is 19.0 Å². The van der Waals surface area contributed by atoms with E-state index in [1.54, 1.807) is 54.6 Å². The Balaban J connectivity index is 1.32. The van der Waals surface area contributed by atoms with Crippen LogP contribution in [-0.4, -0.2) is 41.2 Å². The summed E-state index contributed by atoms with van der Waals surface area (Å²) < 4.78 is 43.4. The molecule has 1 N–H and O–H groups in total. The predicted octanol–water partition coefficient (Wildman–Crippen LogP) is 3.54. The number of anilines is 1. The van der Waals surface area contributed by atoms with Gasteiger partial charge in [-0.2, -0.15) is 0 Å². The van der Waals surface area contributed by atoms with Crippen LogP contribution in [0.25, 0.3) is 0 Å². The summed E-state index contributed by atoms with van der Waals surface area (Å²) >= 11 is 0. The Labute approximate surface area is 199 Å². The largest absolute Gasteiger partial charge is 0.486 e. The lowest BCUT2D eigenvalue weighted by Crippen LogP contribution is -2.31. The number of nitrogens with zero attached hydrogens (tertiary/aromatic N) is 1. The third kappa shape index (κ3) is 5.26. The average Bonchev–Trinajstić information content (AvgIpc) is 2.87. The number of sulfonamides is 1. The SMILES string of the molecule is CC(NC(=O)COc1ccc(N(C)S(=O)(=O)c2ccccc2)cc1)c1ccc2c(c1)OCCO2. The highest BCUT2D eigenvalue weighted by atomic mass is 32.2. The summed E-state index contributed by atoms with van der Waals surface area (Å²) in [6, 6.07) is 20.1. The molecule has 1 heterocycles. The molecular weight excluding hydrogens is 456 g/mol. The van der Waals surface area contributed by atoms with Gasteiger partial charge in [0.05, 0.1) is 16.6 Å². The predicted molar refractivity (Wildman–Crippen MR) is 128 cm³/mol. The molecule has 0 saturated carbocycles. The monoisotopic (exact) mass is 482 g/mol. The normalized spacial score (nSPS) is 13.6. The van der Waals surface area contributed by atoms with Crippen LogP contribution in [0, 0.1) is 0 Å². The number of carbonyl (C=O) groups is 1. The minimum Gasteiger partial charge on any atom is -0.486 e. The Hall–Kier alpha value is -3.72. The summed E-state index contributed by atoms with van der Waals surface area (Å²) in [5, 5.41) is 2.89. The first-order chi connectivity index (χ1) is 16.3. The van der Waals surface area contributed by atoms with Crippen molar-refractivity contribution in [2.24, 2.45) is 0 Å². The fraction of sp³-hybridized carbons (Fsp3) is 0.240. The van der Waals surface area contributed by atoms with Crippen LogP contribution >= 0.6 is 0 Å². The van der Waals surface area contributed by atoms with E-state index in [0.717, 1.165) is 5.56 Å². The van der Waals surface area contributed by atoms with Crippen LogP contribution in [-0.2, 0) is 14.8 Å². The van der Waals surface area contributed by atoms with E-state index in [9.17, 15) is 13.2 Å². The molecule has 0 aliphatic carbocycles. The van der Waals surface area contributed by atoms with Gasteiger partial charge in [-0.15, -0.1) is 0 Å². The first-order valence-electron chi connectivity index (χ1n) is 10.8. The zero-order chi connectivity index (χ0) is 24.1. The number of hydrogen-bond acceptors (Lipinski definition) is 6. The lowest BCUT2D eigenvalue weighted by atomic mass is 10.1. The summed E-state index contributed by atoms with van der Waals surface area (Å²) in [5.41, 5.74) is 1.37. The van der Waals surface area contributed by atoms with Gasteiger partial charge in [-0.25, -0.2) is 8.42 Å². The van der Waals surface area contributed by atoms with Crippen LogP contribution in [0.2, 0.25) is 0 Å². The smallest absolute Gasteiger partial charge is 0.264 e. The molecule has 3 aromatic rings. The Morgan fingerprint density at radius 3 is 2.38 bits per heavy atom. The summed E-state index contributed by atoms with van der Waals surface area (Å²) in [4.78, 5) is 12.6. The summed E-state index contributed by atoms with van der Waals surface area (Å²) in [6.07, 6.45) is 0. The van der Waals surface area contributed by atoms with Crippen molar-refractivity contribution in [2.75, 3.05) is 31.2 Å². The Morgan fingerprint density at radius 1 is 1.00 bits per heavy atom. The molecule has 9 heteroatoms. The molecule has 4 rings (SSSR count). The summed E-state index contributed by atoms with van der Waals surface area (Å²) in [7, 11) is -2.17. The summed E-state index contributed by atoms with van der Waals surface area (Å²) in [5.74, 6) is 1.54. The standard InChI is InChI=1S/C25H26N2O6S/c1-18(19-8-13-23-24(16-19)32-15-14-31-23)26-25(28)17-33-21-11-9-20(10-12-21)27(2)34(29,30)22-6-4-3-5-7-22/h3-13,16,18H,14-15,17H2,1-2H3,(H,26,28). The number of fused-ring (bicyclic) bond motifs is 1. The van der Waals surface area contributed by atoms with E-state index in [1.165, 1.54) is 11.4 Å². The van der Waals surface area contributed by atoms with Crippen LogP contribution < -0.4 is 23.8 Å². The van der Waals surface area contributed by atoms with Gasteiger partial charge < -0.3 is 19.5 Å². The molecule has 1 aliphatic rings. The van der Waals surface area contributed by atoms with Gasteiger partial charge in [0.15, 0.2) is 18.1 Å². The van der Waals surface area contributed by atoms with Gasteiger partial charge in [0.25, 0.3) is 15.9 Å². The molecular formula is C25H26N2O6S. The number of ether oxygens (including phenoxy) is 3. The molecule has 8 nitrogen and oxygen atoms in total. The second-order valence-corrected chi connectivity index (χ2v) is 9.73. The molecule has 0 aromatic heterocycles. The van der Waals surface area contributed by atoms with Crippen LogP contribution in [0.15, 0.2) is 77.7 Å².